The maximum Gasteiger partial charge on any atom is 0.425 e. The van der Waals surface area contributed by atoms with Gasteiger partial charge in [-0.2, -0.15) is 16.8 Å². The van der Waals surface area contributed by atoms with Gasteiger partial charge < -0.3 is 22.7 Å². The molecular weight excluding hydrogens is 973 g/mol. The molecular formula is C42H36N6O16S4. The average molecular weight is 1010 g/mol. The third-order valence-electron chi connectivity index (χ3n) is 9.02. The predicted molar refractivity (Wildman–Crippen MR) is 235 cm³/mol. The van der Waals surface area contributed by atoms with E-state index in [2.05, 4.69) is 30.6 Å². The van der Waals surface area contributed by atoms with Gasteiger partial charge in [0.1, 0.15) is 36.8 Å². The molecule has 0 aliphatic carbocycles. The molecule has 0 amide bonds. The third kappa shape index (κ3) is 12.3. The van der Waals surface area contributed by atoms with Crippen molar-refractivity contribution in [1.82, 2.24) is 30.6 Å². The van der Waals surface area contributed by atoms with Crippen LogP contribution in [0.1, 0.15) is 34.4 Å². The number of sulfone groups is 1. The van der Waals surface area contributed by atoms with Gasteiger partial charge in [0.05, 0.1) is 0 Å². The topological polar surface area (TPSA) is 329 Å². The average Bonchev–Trinajstić information content (AvgIpc) is 4.03. The molecule has 68 heavy (non-hydrogen) atoms. The zero-order chi connectivity index (χ0) is 49.7. The van der Waals surface area contributed by atoms with Crippen LogP contribution in [0.15, 0.2) is 130 Å². The molecule has 22 nitrogen and oxygen atoms in total. The van der Waals surface area contributed by atoms with E-state index in [9.17, 15) is 34.4 Å². The van der Waals surface area contributed by atoms with Crippen LogP contribution in [0, 0.1) is 41.5 Å². The number of rotatable bonds is 7. The van der Waals surface area contributed by atoms with Gasteiger partial charge >= 0.3 is 10.6 Å². The highest BCUT2D eigenvalue weighted by molar-refractivity contribution is 7.92. The van der Waals surface area contributed by atoms with Crippen LogP contribution >= 0.6 is 0 Å². The Bertz CT molecular complexity index is 3610. The van der Waals surface area contributed by atoms with E-state index in [1.165, 1.54) is 42.8 Å². The van der Waals surface area contributed by atoms with Crippen molar-refractivity contribution in [3.63, 3.8) is 0 Å². The number of aromatic nitrogens is 6. The summed E-state index contributed by atoms with van der Waals surface area (Å²) >= 11 is 0. The Morgan fingerprint density at radius 3 is 1.43 bits per heavy atom. The predicted octanol–water partition coefficient (Wildman–Crippen LogP) is 7.28. The molecule has 4 heterocycles. The maximum absolute atomic E-state index is 13.1. The van der Waals surface area contributed by atoms with Crippen LogP contribution in [0.2, 0.25) is 0 Å². The number of benzene rings is 5. The van der Waals surface area contributed by atoms with Crippen LogP contribution in [-0.4, -0.2) is 77.6 Å². The van der Waals surface area contributed by atoms with Gasteiger partial charge in [0.15, 0.2) is 5.75 Å². The molecule has 0 radical (unpaired) electrons. The molecule has 0 bridgehead atoms. The van der Waals surface area contributed by atoms with E-state index in [0.29, 0.717) is 46.0 Å². The number of hydrogen-bond acceptors (Lipinski definition) is 20. The zero-order valence-corrected chi connectivity index (χ0v) is 39.4. The second-order valence-corrected chi connectivity index (χ2v) is 19.4. The molecule has 3 aromatic heterocycles. The van der Waals surface area contributed by atoms with Crippen LogP contribution in [-0.2, 0) is 40.7 Å². The third-order valence-corrected chi connectivity index (χ3v) is 12.5. The molecule has 0 spiro atoms. The van der Waals surface area contributed by atoms with Gasteiger partial charge in [0.25, 0.3) is 20.2 Å². The van der Waals surface area contributed by atoms with E-state index in [1.807, 2.05) is 31.2 Å². The van der Waals surface area contributed by atoms with Crippen LogP contribution in [0.3, 0.4) is 0 Å². The Balaban J connectivity index is 0.000000169. The molecule has 1 aliphatic heterocycles. The monoisotopic (exact) mass is 1010 g/mol. The lowest BCUT2D eigenvalue weighted by molar-refractivity contribution is 0.421. The van der Waals surface area contributed by atoms with Crippen molar-refractivity contribution in [1.29, 1.82) is 0 Å². The molecule has 8 aromatic rings. The fraction of sp³-hybridized carbons (Fsp3) is 0.143. The minimum atomic E-state index is -4.81. The van der Waals surface area contributed by atoms with Crippen molar-refractivity contribution < 1.29 is 69.7 Å². The first kappa shape index (κ1) is 49.9. The summed E-state index contributed by atoms with van der Waals surface area (Å²) in [6, 6.07) is 25.9. The molecule has 0 fully saturated rings. The highest BCUT2D eigenvalue weighted by atomic mass is 32.2. The van der Waals surface area contributed by atoms with Crippen LogP contribution in [0.4, 0.5) is 0 Å². The fourth-order valence-electron chi connectivity index (χ4n) is 5.96. The van der Waals surface area contributed by atoms with Crippen LogP contribution in [0.5, 0.6) is 23.0 Å². The Morgan fingerprint density at radius 2 is 0.956 bits per heavy atom. The summed E-state index contributed by atoms with van der Waals surface area (Å²) in [5.41, 5.74) is 4.29. The second-order valence-electron chi connectivity index (χ2n) is 14.3. The molecule has 5 aromatic carbocycles. The molecule has 354 valence electrons. The minimum absolute atomic E-state index is 0.0188. The molecule has 0 atom stereocenters. The molecule has 26 heteroatoms. The van der Waals surface area contributed by atoms with Crippen molar-refractivity contribution in [2.24, 2.45) is 0 Å². The van der Waals surface area contributed by atoms with Gasteiger partial charge in [0, 0.05) is 37.5 Å². The largest absolute Gasteiger partial charge is 0.456 e. The smallest absolute Gasteiger partial charge is 0.425 e. The molecule has 0 saturated heterocycles. The number of ether oxygens (including phenoxy) is 2. The number of nitrogens with zero attached hydrogens (tertiary/aromatic N) is 6. The maximum atomic E-state index is 13.1. The highest BCUT2D eigenvalue weighted by Crippen LogP contribution is 2.47. The lowest BCUT2D eigenvalue weighted by atomic mass is 10.1. The number of hydrogen-bond donors (Lipinski definition) is 2. The summed E-state index contributed by atoms with van der Waals surface area (Å²) in [7, 11) is -16.4. The van der Waals surface area contributed by atoms with E-state index < -0.39 is 56.2 Å². The quantitative estimate of drug-likeness (QED) is 0.148. The van der Waals surface area contributed by atoms with E-state index in [0.717, 1.165) is 11.6 Å². The van der Waals surface area contributed by atoms with E-state index >= 15 is 0 Å². The van der Waals surface area contributed by atoms with E-state index in [1.54, 1.807) is 64.1 Å². The molecule has 1 aliphatic rings. The summed E-state index contributed by atoms with van der Waals surface area (Å²) in [5, 5.41) is 22.8. The summed E-state index contributed by atoms with van der Waals surface area (Å²) in [4.78, 5) is -1.50. The van der Waals surface area contributed by atoms with E-state index in [4.69, 9.17) is 35.4 Å². The Hall–Kier alpha value is -7.49. The van der Waals surface area contributed by atoms with Crippen molar-refractivity contribution in [2.45, 2.75) is 61.1 Å². The van der Waals surface area contributed by atoms with Gasteiger partial charge in [-0.3, -0.25) is 9.11 Å². The molecule has 0 unspecified atom stereocenters. The summed E-state index contributed by atoms with van der Waals surface area (Å²) in [6.07, 6.45) is 0. The first-order valence-corrected chi connectivity index (χ1v) is 24.6. The van der Waals surface area contributed by atoms with Gasteiger partial charge in [-0.15, -0.1) is 43.2 Å². The first-order chi connectivity index (χ1) is 31.9. The van der Waals surface area contributed by atoms with Gasteiger partial charge in [-0.25, -0.2) is 8.42 Å². The molecule has 9 rings (SSSR count). The zero-order valence-electron chi connectivity index (χ0n) is 36.2. The lowest BCUT2D eigenvalue weighted by Gasteiger charge is -2.22. The van der Waals surface area contributed by atoms with Crippen molar-refractivity contribution in [3.8, 4) is 57.4 Å². The normalized spacial score (nSPS) is 12.3. The first-order valence-electron chi connectivity index (χ1n) is 19.2. The Morgan fingerprint density at radius 1 is 0.515 bits per heavy atom. The van der Waals surface area contributed by atoms with Crippen molar-refractivity contribution in [3.05, 3.63) is 131 Å². The van der Waals surface area contributed by atoms with Gasteiger partial charge in [-0.05, 0) is 105 Å². The number of aryl methyl sites for hydroxylation is 6. The Labute approximate surface area is 389 Å². The molecule has 0 saturated carbocycles. The standard InChI is InChI=1S/C16H12N2O7S2.C16H14N2O5S.C10H10N2O.O3S/c1-8-3-4-11-12(5-8)26(19,20)13-6-10(16-18-17-9(2)24-16)7-14(15(13)25-11)27(21,22)23;1-10-3-8-14(15(9-10)24(19,20)21)23-13-6-4-12(5-7-13)16-18-17-11(2)22-16;1-7-3-5-9(6-4-7)10-12-11-8(2)13-10;1-4(2)3/h3-7H,1-2H3,(H,21,22,23);3-9H,1-2H3,(H,19,20,21);3-6H,1-2H3;. The van der Waals surface area contributed by atoms with Gasteiger partial charge in [-0.1, -0.05) is 29.8 Å². The minimum Gasteiger partial charge on any atom is -0.456 e. The lowest BCUT2D eigenvalue weighted by Crippen LogP contribution is -2.14. The SMILES string of the molecule is Cc1ccc(-c2nnc(C)o2)cc1.Cc1ccc(Oc2ccc(-c3nnc(C)o3)cc2)c(S(=O)(=O)O)c1.Cc1ccc2c(c1)S(=O)(=O)c1cc(-c3nnc(C)o3)cc(S(=O)(=O)O)c1O2.O=S(=O)=O. The summed E-state index contributed by atoms with van der Waals surface area (Å²) < 4.78 is 144. The fourth-order valence-corrected chi connectivity index (χ4v) is 9.02. The van der Waals surface area contributed by atoms with Crippen molar-refractivity contribution >= 4 is 40.7 Å². The number of fused-ring (bicyclic) bond motifs is 2. The summed E-state index contributed by atoms with van der Waals surface area (Å²) in [5.74, 6) is 2.08. The Kier molecular flexibility index (Phi) is 14.8. The summed E-state index contributed by atoms with van der Waals surface area (Å²) in [6.45, 7) is 10.5. The van der Waals surface area contributed by atoms with E-state index in [-0.39, 0.29) is 38.6 Å². The van der Waals surface area contributed by atoms with Crippen molar-refractivity contribution in [2.75, 3.05) is 0 Å². The van der Waals surface area contributed by atoms with Crippen LogP contribution in [0.25, 0.3) is 34.4 Å². The second kappa shape index (κ2) is 20.2. The van der Waals surface area contributed by atoms with Crippen LogP contribution < -0.4 is 9.47 Å². The highest BCUT2D eigenvalue weighted by Gasteiger charge is 2.37. The van der Waals surface area contributed by atoms with Gasteiger partial charge in [0.2, 0.25) is 45.2 Å². The molecule has 2 N–H and O–H groups in total.